The van der Waals surface area contributed by atoms with Crippen LogP contribution in [-0.2, 0) is 0 Å². The van der Waals surface area contributed by atoms with Crippen LogP contribution in [0.5, 0.6) is 0 Å². The lowest BCUT2D eigenvalue weighted by atomic mass is 10.0. The summed E-state index contributed by atoms with van der Waals surface area (Å²) < 4.78 is 1.02. The monoisotopic (exact) mass is 315 g/mol. The van der Waals surface area contributed by atoms with Gasteiger partial charge in [-0.3, -0.25) is 0 Å². The summed E-state index contributed by atoms with van der Waals surface area (Å²) in [5, 5.41) is 2.70. The molecule has 0 bridgehead atoms. The molecule has 16 heavy (non-hydrogen) atoms. The van der Waals surface area contributed by atoms with Gasteiger partial charge in [-0.15, -0.1) is 11.3 Å². The van der Waals surface area contributed by atoms with Crippen molar-refractivity contribution in [2.75, 3.05) is 0 Å². The summed E-state index contributed by atoms with van der Waals surface area (Å²) in [6.45, 7) is 2.05. The van der Waals surface area contributed by atoms with E-state index in [1.807, 2.05) is 17.5 Å². The molecule has 2 aromatic rings. The average molecular weight is 317 g/mol. The Morgan fingerprint density at radius 3 is 2.75 bits per heavy atom. The zero-order valence-corrected chi connectivity index (χ0v) is 11.9. The Balaban J connectivity index is 2.45. The van der Waals surface area contributed by atoms with E-state index < -0.39 is 0 Å². The van der Waals surface area contributed by atoms with Gasteiger partial charge in [0.2, 0.25) is 0 Å². The first kappa shape index (κ1) is 12.1. The van der Waals surface area contributed by atoms with Crippen LogP contribution in [0.1, 0.15) is 22.0 Å². The summed E-state index contributed by atoms with van der Waals surface area (Å²) in [6.07, 6.45) is 0. The Morgan fingerprint density at radius 1 is 1.38 bits per heavy atom. The maximum Gasteiger partial charge on any atom is 0.0672 e. The normalized spacial score (nSPS) is 12.8. The summed E-state index contributed by atoms with van der Waals surface area (Å²) >= 11 is 11.2. The van der Waals surface area contributed by atoms with Crippen molar-refractivity contribution in [3.63, 3.8) is 0 Å². The molecule has 2 rings (SSSR count). The fourth-order valence-electron chi connectivity index (χ4n) is 1.57. The Bertz CT molecular complexity index is 509. The van der Waals surface area contributed by atoms with Crippen molar-refractivity contribution >= 4 is 38.9 Å². The molecule has 2 N–H and O–H groups in total. The van der Waals surface area contributed by atoms with Crippen LogP contribution in [0.25, 0.3) is 0 Å². The molecule has 1 unspecified atom stereocenters. The highest BCUT2D eigenvalue weighted by molar-refractivity contribution is 9.10. The molecule has 0 spiro atoms. The molecule has 0 saturated heterocycles. The Labute approximate surface area is 112 Å². The number of halogens is 2. The van der Waals surface area contributed by atoms with Gasteiger partial charge in [-0.25, -0.2) is 0 Å². The van der Waals surface area contributed by atoms with E-state index in [0.29, 0.717) is 0 Å². The van der Waals surface area contributed by atoms with Crippen molar-refractivity contribution in [1.29, 1.82) is 0 Å². The largest absolute Gasteiger partial charge is 0.320 e. The number of aryl methyl sites for hydroxylation is 1. The summed E-state index contributed by atoms with van der Waals surface area (Å²) in [6, 6.07) is 7.87. The summed E-state index contributed by atoms with van der Waals surface area (Å²) in [5.74, 6) is 0. The van der Waals surface area contributed by atoms with Crippen LogP contribution in [0.2, 0.25) is 5.02 Å². The van der Waals surface area contributed by atoms with Gasteiger partial charge in [0.1, 0.15) is 0 Å². The van der Waals surface area contributed by atoms with Crippen molar-refractivity contribution in [3.05, 3.63) is 55.1 Å². The molecule has 84 valence electrons. The van der Waals surface area contributed by atoms with E-state index in [0.717, 1.165) is 19.9 Å². The van der Waals surface area contributed by atoms with E-state index in [1.54, 1.807) is 11.3 Å². The van der Waals surface area contributed by atoms with Crippen LogP contribution in [0.3, 0.4) is 0 Å². The summed E-state index contributed by atoms with van der Waals surface area (Å²) in [5.41, 5.74) is 8.50. The van der Waals surface area contributed by atoms with Crippen LogP contribution >= 0.6 is 38.9 Å². The van der Waals surface area contributed by atoms with Gasteiger partial charge in [0.25, 0.3) is 0 Å². The van der Waals surface area contributed by atoms with Gasteiger partial charge < -0.3 is 5.73 Å². The summed E-state index contributed by atoms with van der Waals surface area (Å²) in [7, 11) is 0. The SMILES string of the molecule is Cc1ccc(Br)c(C(N)c2sccc2Cl)c1. The van der Waals surface area contributed by atoms with Gasteiger partial charge in [0, 0.05) is 9.35 Å². The highest BCUT2D eigenvalue weighted by Gasteiger charge is 2.16. The van der Waals surface area contributed by atoms with Gasteiger partial charge in [0.15, 0.2) is 0 Å². The first-order chi connectivity index (χ1) is 7.59. The molecular formula is C12H11BrClNS. The van der Waals surface area contributed by atoms with Gasteiger partial charge >= 0.3 is 0 Å². The molecule has 1 nitrogen and oxygen atoms in total. The molecule has 4 heteroatoms. The van der Waals surface area contributed by atoms with Gasteiger partial charge in [-0.2, -0.15) is 0 Å². The number of rotatable bonds is 2. The topological polar surface area (TPSA) is 26.0 Å². The van der Waals surface area contributed by atoms with E-state index in [1.165, 1.54) is 5.56 Å². The van der Waals surface area contributed by atoms with E-state index in [4.69, 9.17) is 17.3 Å². The predicted molar refractivity (Wildman–Crippen MR) is 74.2 cm³/mol. The molecule has 0 radical (unpaired) electrons. The minimum Gasteiger partial charge on any atom is -0.320 e. The first-order valence-corrected chi connectivity index (χ1v) is 6.89. The maximum absolute atomic E-state index is 6.23. The quantitative estimate of drug-likeness (QED) is 0.866. The van der Waals surface area contributed by atoms with Crippen LogP contribution in [-0.4, -0.2) is 0 Å². The van der Waals surface area contributed by atoms with E-state index in [9.17, 15) is 0 Å². The van der Waals surface area contributed by atoms with Crippen LogP contribution in [0, 0.1) is 6.92 Å². The van der Waals surface area contributed by atoms with Gasteiger partial charge in [-0.05, 0) is 30.0 Å². The first-order valence-electron chi connectivity index (χ1n) is 4.84. The fraction of sp³-hybridized carbons (Fsp3) is 0.167. The van der Waals surface area contributed by atoms with Crippen LogP contribution < -0.4 is 5.73 Å². The summed E-state index contributed by atoms with van der Waals surface area (Å²) in [4.78, 5) is 1.01. The fourth-order valence-corrected chi connectivity index (χ4v) is 3.26. The van der Waals surface area contributed by atoms with Gasteiger partial charge in [0.05, 0.1) is 11.1 Å². The zero-order chi connectivity index (χ0) is 11.7. The molecule has 1 heterocycles. The molecule has 1 aromatic carbocycles. The number of nitrogens with two attached hydrogens (primary N) is 1. The minimum absolute atomic E-state index is 0.165. The zero-order valence-electron chi connectivity index (χ0n) is 8.71. The Kier molecular flexibility index (Phi) is 3.70. The predicted octanol–water partition coefficient (Wildman–Crippen LogP) is 4.52. The molecule has 1 atom stereocenters. The molecule has 0 aliphatic heterocycles. The lowest BCUT2D eigenvalue weighted by Crippen LogP contribution is -2.11. The van der Waals surface area contributed by atoms with Gasteiger partial charge in [-0.1, -0.05) is 45.2 Å². The third-order valence-corrected chi connectivity index (χ3v) is 4.58. The molecule has 0 amide bonds. The van der Waals surface area contributed by atoms with E-state index in [-0.39, 0.29) is 6.04 Å². The van der Waals surface area contributed by atoms with Crippen molar-refractivity contribution in [1.82, 2.24) is 0 Å². The second kappa shape index (κ2) is 4.88. The standard InChI is InChI=1S/C12H11BrClNS/c1-7-2-3-9(13)8(6-7)11(15)12-10(14)4-5-16-12/h2-6,11H,15H2,1H3. The van der Waals surface area contributed by atoms with Crippen molar-refractivity contribution in [2.45, 2.75) is 13.0 Å². The third kappa shape index (κ3) is 2.33. The van der Waals surface area contributed by atoms with Crippen LogP contribution in [0.15, 0.2) is 34.1 Å². The number of benzene rings is 1. The second-order valence-electron chi connectivity index (χ2n) is 3.64. The molecule has 0 aliphatic rings. The molecule has 0 fully saturated rings. The van der Waals surface area contributed by atoms with Crippen molar-refractivity contribution in [3.8, 4) is 0 Å². The highest BCUT2D eigenvalue weighted by atomic mass is 79.9. The number of hydrogen-bond donors (Lipinski definition) is 1. The lowest BCUT2D eigenvalue weighted by molar-refractivity contribution is 0.885. The highest BCUT2D eigenvalue weighted by Crippen LogP contribution is 2.34. The maximum atomic E-state index is 6.23. The minimum atomic E-state index is -0.165. The average Bonchev–Trinajstić information content (AvgIpc) is 2.67. The van der Waals surface area contributed by atoms with Crippen molar-refractivity contribution in [2.24, 2.45) is 5.73 Å². The second-order valence-corrected chi connectivity index (χ2v) is 5.84. The van der Waals surface area contributed by atoms with Crippen LogP contribution in [0.4, 0.5) is 0 Å². The van der Waals surface area contributed by atoms with Crippen molar-refractivity contribution < 1.29 is 0 Å². The van der Waals surface area contributed by atoms with E-state index in [2.05, 4.69) is 35.0 Å². The smallest absolute Gasteiger partial charge is 0.0672 e. The molecule has 0 aliphatic carbocycles. The molecule has 0 saturated carbocycles. The Morgan fingerprint density at radius 2 is 2.12 bits per heavy atom. The third-order valence-electron chi connectivity index (χ3n) is 2.41. The number of thiophene rings is 1. The lowest BCUT2D eigenvalue weighted by Gasteiger charge is -2.13. The van der Waals surface area contributed by atoms with E-state index >= 15 is 0 Å². The molecule has 1 aromatic heterocycles. The number of hydrogen-bond acceptors (Lipinski definition) is 2. The Hall–Kier alpha value is -0.350. The molecular weight excluding hydrogens is 306 g/mol.